The second-order valence-electron chi connectivity index (χ2n) is 5.92. The average Bonchev–Trinajstić information content (AvgIpc) is 2.45. The molecule has 0 saturated carbocycles. The molecule has 0 bridgehead atoms. The number of nitrogens with zero attached hydrogens (tertiary/aromatic N) is 1. The summed E-state index contributed by atoms with van der Waals surface area (Å²) < 4.78 is 0. The molecule has 0 atom stereocenters. The zero-order valence-corrected chi connectivity index (χ0v) is 12.5. The Kier molecular flexibility index (Phi) is 5.37. The molecule has 21 heavy (non-hydrogen) atoms. The van der Waals surface area contributed by atoms with E-state index in [-0.39, 0.29) is 12.3 Å². The highest BCUT2D eigenvalue weighted by atomic mass is 16.4. The number of benzene rings is 1. The van der Waals surface area contributed by atoms with Gasteiger partial charge in [-0.3, -0.25) is 9.59 Å². The third-order valence-corrected chi connectivity index (χ3v) is 4.17. The molecule has 0 spiro atoms. The number of likely N-dealkylation sites (tertiary alicyclic amines) is 1. The van der Waals surface area contributed by atoms with Crippen LogP contribution in [0.1, 0.15) is 36.8 Å². The molecule has 114 valence electrons. The van der Waals surface area contributed by atoms with E-state index in [2.05, 4.69) is 6.07 Å². The molecular weight excluding hydrogens is 266 g/mol. The zero-order chi connectivity index (χ0) is 15.2. The van der Waals surface area contributed by atoms with Crippen LogP contribution in [0.25, 0.3) is 0 Å². The summed E-state index contributed by atoms with van der Waals surface area (Å²) in [6.45, 7) is 3.55. The Bertz CT molecular complexity index is 505. The summed E-state index contributed by atoms with van der Waals surface area (Å²) in [4.78, 5) is 24.8. The summed E-state index contributed by atoms with van der Waals surface area (Å²) in [5, 5.41) is 8.71. The van der Waals surface area contributed by atoms with Gasteiger partial charge in [-0.05, 0) is 37.7 Å². The summed E-state index contributed by atoms with van der Waals surface area (Å²) in [5.41, 5.74) is 2.24. The number of carboxylic acid groups (broad SMARTS) is 1. The molecule has 0 radical (unpaired) electrons. The first kappa shape index (κ1) is 15.5. The van der Waals surface area contributed by atoms with Gasteiger partial charge in [-0.2, -0.15) is 0 Å². The van der Waals surface area contributed by atoms with Crippen molar-refractivity contribution in [1.82, 2.24) is 4.90 Å². The van der Waals surface area contributed by atoms with Gasteiger partial charge in [-0.25, -0.2) is 0 Å². The fourth-order valence-electron chi connectivity index (χ4n) is 2.91. The summed E-state index contributed by atoms with van der Waals surface area (Å²) in [6, 6.07) is 8.06. The van der Waals surface area contributed by atoms with E-state index in [1.165, 1.54) is 5.56 Å². The third kappa shape index (κ3) is 4.88. The van der Waals surface area contributed by atoms with Crippen LogP contribution in [0.2, 0.25) is 0 Å². The molecule has 1 aromatic carbocycles. The standard InChI is InChI=1S/C17H23NO3/c1-13-3-2-4-15(11-13)12-16(19)18-9-7-14(8-10-18)5-6-17(20)21/h2-4,11,14H,5-10,12H2,1H3,(H,20,21). The lowest BCUT2D eigenvalue weighted by atomic mass is 9.92. The summed E-state index contributed by atoms with van der Waals surface area (Å²) in [7, 11) is 0. The van der Waals surface area contributed by atoms with Gasteiger partial charge in [0, 0.05) is 19.5 Å². The Morgan fingerprint density at radius 1 is 1.29 bits per heavy atom. The molecule has 4 nitrogen and oxygen atoms in total. The van der Waals surface area contributed by atoms with Crippen molar-refractivity contribution in [2.45, 2.75) is 39.0 Å². The third-order valence-electron chi connectivity index (χ3n) is 4.17. The zero-order valence-electron chi connectivity index (χ0n) is 12.5. The van der Waals surface area contributed by atoms with Gasteiger partial charge >= 0.3 is 5.97 Å². The topological polar surface area (TPSA) is 57.6 Å². The highest BCUT2D eigenvalue weighted by Gasteiger charge is 2.23. The first-order valence-corrected chi connectivity index (χ1v) is 7.59. The van der Waals surface area contributed by atoms with Crippen molar-refractivity contribution in [3.8, 4) is 0 Å². The SMILES string of the molecule is Cc1cccc(CC(=O)N2CCC(CCC(=O)O)CC2)c1. The van der Waals surface area contributed by atoms with Crippen LogP contribution in [0.5, 0.6) is 0 Å². The van der Waals surface area contributed by atoms with Gasteiger partial charge < -0.3 is 10.0 Å². The van der Waals surface area contributed by atoms with Gasteiger partial charge in [0.2, 0.25) is 5.91 Å². The number of carboxylic acids is 1. The maximum atomic E-state index is 12.3. The minimum Gasteiger partial charge on any atom is -0.481 e. The van der Waals surface area contributed by atoms with E-state index in [0.29, 0.717) is 12.3 Å². The van der Waals surface area contributed by atoms with E-state index in [1.807, 2.05) is 30.0 Å². The molecule has 1 aromatic rings. The van der Waals surface area contributed by atoms with Crippen molar-refractivity contribution in [3.63, 3.8) is 0 Å². The number of hydrogen-bond donors (Lipinski definition) is 1. The van der Waals surface area contributed by atoms with Crippen molar-refractivity contribution in [3.05, 3.63) is 35.4 Å². The monoisotopic (exact) mass is 289 g/mol. The van der Waals surface area contributed by atoms with Crippen LogP contribution in [0.4, 0.5) is 0 Å². The lowest BCUT2D eigenvalue weighted by Gasteiger charge is -2.32. The molecule has 4 heteroatoms. The van der Waals surface area contributed by atoms with Crippen LogP contribution in [0, 0.1) is 12.8 Å². The molecular formula is C17H23NO3. The van der Waals surface area contributed by atoms with Crippen molar-refractivity contribution >= 4 is 11.9 Å². The predicted octanol–water partition coefficient (Wildman–Crippen LogP) is 2.64. The van der Waals surface area contributed by atoms with Crippen LogP contribution >= 0.6 is 0 Å². The molecule has 1 amide bonds. The minimum absolute atomic E-state index is 0.178. The van der Waals surface area contributed by atoms with E-state index in [9.17, 15) is 9.59 Å². The van der Waals surface area contributed by atoms with Gasteiger partial charge in [0.25, 0.3) is 0 Å². The molecule has 1 fully saturated rings. The number of hydrogen-bond acceptors (Lipinski definition) is 2. The van der Waals surface area contributed by atoms with Crippen LogP contribution in [0.15, 0.2) is 24.3 Å². The number of piperidine rings is 1. The fraction of sp³-hybridized carbons (Fsp3) is 0.529. The van der Waals surface area contributed by atoms with Gasteiger partial charge in [0.05, 0.1) is 6.42 Å². The number of amides is 1. The normalized spacial score (nSPS) is 16.0. The highest BCUT2D eigenvalue weighted by molar-refractivity contribution is 5.78. The van der Waals surface area contributed by atoms with Gasteiger partial charge in [0.1, 0.15) is 0 Å². The molecule has 1 heterocycles. The molecule has 1 aliphatic heterocycles. The number of rotatable bonds is 5. The fourth-order valence-corrected chi connectivity index (χ4v) is 2.91. The van der Waals surface area contributed by atoms with Crippen molar-refractivity contribution in [1.29, 1.82) is 0 Å². The number of aliphatic carboxylic acids is 1. The van der Waals surface area contributed by atoms with E-state index >= 15 is 0 Å². The number of aryl methyl sites for hydroxylation is 1. The van der Waals surface area contributed by atoms with Gasteiger partial charge in [-0.1, -0.05) is 29.8 Å². The second-order valence-corrected chi connectivity index (χ2v) is 5.92. The molecule has 0 aromatic heterocycles. The van der Waals surface area contributed by atoms with Gasteiger partial charge in [-0.15, -0.1) is 0 Å². The average molecular weight is 289 g/mol. The van der Waals surface area contributed by atoms with Crippen LogP contribution in [-0.2, 0) is 16.0 Å². The molecule has 1 saturated heterocycles. The van der Waals surface area contributed by atoms with E-state index in [4.69, 9.17) is 5.11 Å². The molecule has 0 aliphatic carbocycles. The first-order chi connectivity index (χ1) is 10.0. The van der Waals surface area contributed by atoms with Crippen molar-refractivity contribution < 1.29 is 14.7 Å². The summed E-state index contributed by atoms with van der Waals surface area (Å²) in [5.74, 6) is -0.102. The molecule has 0 unspecified atom stereocenters. The maximum Gasteiger partial charge on any atom is 0.303 e. The Hall–Kier alpha value is -1.84. The summed E-state index contributed by atoms with van der Waals surface area (Å²) >= 11 is 0. The smallest absolute Gasteiger partial charge is 0.303 e. The largest absolute Gasteiger partial charge is 0.481 e. The Morgan fingerprint density at radius 3 is 2.62 bits per heavy atom. The van der Waals surface area contributed by atoms with Crippen molar-refractivity contribution in [2.24, 2.45) is 5.92 Å². The molecule has 1 aliphatic rings. The quantitative estimate of drug-likeness (QED) is 0.906. The van der Waals surface area contributed by atoms with E-state index in [1.54, 1.807) is 0 Å². The van der Waals surface area contributed by atoms with Gasteiger partial charge in [0.15, 0.2) is 0 Å². The Morgan fingerprint density at radius 2 is 2.00 bits per heavy atom. The van der Waals surface area contributed by atoms with Crippen molar-refractivity contribution in [2.75, 3.05) is 13.1 Å². The minimum atomic E-state index is -0.729. The van der Waals surface area contributed by atoms with Crippen LogP contribution in [-0.4, -0.2) is 35.0 Å². The summed E-state index contributed by atoms with van der Waals surface area (Å²) in [6.07, 6.45) is 3.28. The lowest BCUT2D eigenvalue weighted by Crippen LogP contribution is -2.39. The van der Waals surface area contributed by atoms with E-state index < -0.39 is 5.97 Å². The first-order valence-electron chi connectivity index (χ1n) is 7.59. The number of carbonyl (C=O) groups excluding carboxylic acids is 1. The second kappa shape index (κ2) is 7.25. The molecule has 2 rings (SSSR count). The Balaban J connectivity index is 1.79. The maximum absolute atomic E-state index is 12.3. The molecule has 1 N–H and O–H groups in total. The van der Waals surface area contributed by atoms with E-state index in [0.717, 1.165) is 37.9 Å². The van der Waals surface area contributed by atoms with Crippen LogP contribution < -0.4 is 0 Å². The number of carbonyl (C=O) groups is 2. The van der Waals surface area contributed by atoms with Crippen LogP contribution in [0.3, 0.4) is 0 Å². The predicted molar refractivity (Wildman–Crippen MR) is 81.1 cm³/mol. The lowest BCUT2D eigenvalue weighted by molar-refractivity contribution is -0.138. The highest BCUT2D eigenvalue weighted by Crippen LogP contribution is 2.22. The Labute approximate surface area is 125 Å².